The number of benzene rings is 2. The number of likely N-dealkylation sites (N-methyl/N-ethyl adjacent to an activating group) is 1. The third-order valence-electron chi connectivity index (χ3n) is 6.13. The van der Waals surface area contributed by atoms with Gasteiger partial charge in [0.05, 0.1) is 23.7 Å². The van der Waals surface area contributed by atoms with E-state index in [-0.39, 0.29) is 25.0 Å². The van der Waals surface area contributed by atoms with Gasteiger partial charge in [-0.2, -0.15) is 0 Å². The normalized spacial score (nSPS) is 10.5. The molecule has 0 spiro atoms. The monoisotopic (exact) mass is 545 g/mol. The van der Waals surface area contributed by atoms with Crippen LogP contribution in [-0.4, -0.2) is 59.7 Å². The lowest BCUT2D eigenvalue weighted by atomic mass is 10.0. The molecule has 10 heteroatoms. The van der Waals surface area contributed by atoms with Crippen LogP contribution in [0.4, 0.5) is 9.59 Å². The van der Waals surface area contributed by atoms with Gasteiger partial charge in [0.1, 0.15) is 18.9 Å². The number of primary amides is 2. The lowest BCUT2D eigenvalue weighted by molar-refractivity contribution is -0.128. The number of ether oxygens (including phenoxy) is 2. The molecule has 210 valence electrons. The zero-order valence-electron chi connectivity index (χ0n) is 23.2. The second-order valence-electron chi connectivity index (χ2n) is 9.54. The number of nitrogens with zero attached hydrogens (tertiary/aromatic N) is 3. The van der Waals surface area contributed by atoms with E-state index in [4.69, 9.17) is 25.9 Å². The van der Waals surface area contributed by atoms with Gasteiger partial charge in [-0.1, -0.05) is 66.2 Å². The second-order valence-corrected chi connectivity index (χ2v) is 9.54. The maximum absolute atomic E-state index is 12.3. The lowest BCUT2D eigenvalue weighted by Crippen LogP contribution is -2.24. The van der Waals surface area contributed by atoms with Crippen molar-refractivity contribution in [3.05, 3.63) is 95.3 Å². The van der Waals surface area contributed by atoms with E-state index in [0.717, 1.165) is 33.7 Å². The number of imidazole rings is 1. The molecule has 0 radical (unpaired) electrons. The van der Waals surface area contributed by atoms with Gasteiger partial charge in [0.25, 0.3) is 0 Å². The Morgan fingerprint density at radius 3 is 1.98 bits per heavy atom. The summed E-state index contributed by atoms with van der Waals surface area (Å²) in [5, 5.41) is 0. The molecule has 0 aliphatic carbocycles. The van der Waals surface area contributed by atoms with Crippen molar-refractivity contribution in [3.8, 4) is 11.3 Å². The van der Waals surface area contributed by atoms with Gasteiger partial charge in [0.2, 0.25) is 5.91 Å². The summed E-state index contributed by atoms with van der Waals surface area (Å²) in [7, 11) is 3.56. The SMILES string of the molecule is Cc1ccc(-c2nc3ccc(C)cn3c2CC(=O)N(C)C)cc1.NC(=O)OCC(COC(N)=O)c1ccccc1. The number of aryl methyl sites for hydroxylation is 2. The molecule has 0 aliphatic heterocycles. The topological polar surface area (TPSA) is 142 Å². The van der Waals surface area contributed by atoms with Crippen LogP contribution in [0.2, 0.25) is 0 Å². The zero-order valence-corrected chi connectivity index (χ0v) is 23.2. The van der Waals surface area contributed by atoms with Crippen molar-refractivity contribution >= 4 is 23.7 Å². The molecule has 0 unspecified atom stereocenters. The Labute approximate surface area is 233 Å². The summed E-state index contributed by atoms with van der Waals surface area (Å²) in [4.78, 5) is 39.7. The van der Waals surface area contributed by atoms with Crippen LogP contribution in [0, 0.1) is 13.8 Å². The van der Waals surface area contributed by atoms with Crippen LogP contribution in [0.1, 0.15) is 28.3 Å². The molecule has 0 saturated heterocycles. The Morgan fingerprint density at radius 1 is 0.850 bits per heavy atom. The van der Waals surface area contributed by atoms with Crippen LogP contribution in [0.5, 0.6) is 0 Å². The Hall–Kier alpha value is -4.86. The summed E-state index contributed by atoms with van der Waals surface area (Å²) >= 11 is 0. The zero-order chi connectivity index (χ0) is 29.2. The fourth-order valence-electron chi connectivity index (χ4n) is 3.94. The van der Waals surface area contributed by atoms with E-state index in [9.17, 15) is 14.4 Å². The molecule has 2 heterocycles. The Balaban J connectivity index is 0.000000232. The van der Waals surface area contributed by atoms with Gasteiger partial charge in [-0.25, -0.2) is 14.6 Å². The lowest BCUT2D eigenvalue weighted by Gasteiger charge is -2.16. The van der Waals surface area contributed by atoms with Crippen molar-refractivity contribution in [2.45, 2.75) is 26.2 Å². The molecular weight excluding hydrogens is 510 g/mol. The van der Waals surface area contributed by atoms with Gasteiger partial charge >= 0.3 is 12.2 Å². The van der Waals surface area contributed by atoms with Gasteiger partial charge in [-0.3, -0.25) is 4.79 Å². The Bertz CT molecular complexity index is 1430. The number of fused-ring (bicyclic) bond motifs is 1. The van der Waals surface area contributed by atoms with Crippen molar-refractivity contribution in [2.75, 3.05) is 27.3 Å². The van der Waals surface area contributed by atoms with E-state index >= 15 is 0 Å². The number of carbonyl (C=O) groups excluding carboxylic acids is 3. The number of nitrogens with two attached hydrogens (primary N) is 2. The van der Waals surface area contributed by atoms with Gasteiger partial charge in [0, 0.05) is 25.9 Å². The Morgan fingerprint density at radius 2 is 1.43 bits per heavy atom. The van der Waals surface area contributed by atoms with Gasteiger partial charge < -0.3 is 30.2 Å². The second kappa shape index (κ2) is 13.8. The summed E-state index contributed by atoms with van der Waals surface area (Å²) in [5.74, 6) is -0.210. The molecule has 4 N–H and O–H groups in total. The molecule has 0 atom stereocenters. The number of hydrogen-bond acceptors (Lipinski definition) is 6. The van der Waals surface area contributed by atoms with Crippen LogP contribution in [-0.2, 0) is 20.7 Å². The minimum Gasteiger partial charge on any atom is -0.449 e. The Kier molecular flexibility index (Phi) is 10.2. The molecule has 2 aromatic carbocycles. The predicted molar refractivity (Wildman–Crippen MR) is 153 cm³/mol. The van der Waals surface area contributed by atoms with Gasteiger partial charge in [-0.05, 0) is 31.0 Å². The summed E-state index contributed by atoms with van der Waals surface area (Å²) in [6.45, 7) is 4.18. The molecule has 4 aromatic rings. The molecule has 0 aliphatic rings. The van der Waals surface area contributed by atoms with Crippen LogP contribution in [0.3, 0.4) is 0 Å². The summed E-state index contributed by atoms with van der Waals surface area (Å²) in [6.07, 6.45) is 0.633. The molecule has 3 amide bonds. The van der Waals surface area contributed by atoms with Gasteiger partial charge in [-0.15, -0.1) is 0 Å². The predicted octanol–water partition coefficient (Wildman–Crippen LogP) is 4.21. The smallest absolute Gasteiger partial charge is 0.404 e. The number of pyridine rings is 1. The number of hydrogen-bond donors (Lipinski definition) is 2. The first kappa shape index (κ1) is 29.7. The van der Waals surface area contributed by atoms with Crippen molar-refractivity contribution in [1.82, 2.24) is 14.3 Å². The van der Waals surface area contributed by atoms with Gasteiger partial charge in [0.15, 0.2) is 0 Å². The largest absolute Gasteiger partial charge is 0.449 e. The average molecular weight is 546 g/mol. The highest BCUT2D eigenvalue weighted by Crippen LogP contribution is 2.26. The summed E-state index contributed by atoms with van der Waals surface area (Å²) in [6, 6.07) is 21.5. The highest BCUT2D eigenvalue weighted by Gasteiger charge is 2.18. The van der Waals surface area contributed by atoms with Crippen molar-refractivity contribution in [1.29, 1.82) is 0 Å². The van der Waals surface area contributed by atoms with E-state index in [1.54, 1.807) is 19.0 Å². The number of aromatic nitrogens is 2. The van der Waals surface area contributed by atoms with Crippen molar-refractivity contribution in [2.24, 2.45) is 11.5 Å². The number of amides is 3. The minimum absolute atomic E-state index is 0.0344. The molecule has 2 aromatic heterocycles. The van der Waals surface area contributed by atoms with E-state index in [1.807, 2.05) is 60.0 Å². The first-order valence-electron chi connectivity index (χ1n) is 12.7. The van der Waals surface area contributed by atoms with Crippen LogP contribution in [0.15, 0.2) is 72.9 Å². The number of rotatable bonds is 8. The third-order valence-corrected chi connectivity index (χ3v) is 6.13. The molecule has 10 nitrogen and oxygen atoms in total. The molecular formula is C30H35N5O5. The van der Waals surface area contributed by atoms with Crippen LogP contribution >= 0.6 is 0 Å². The third kappa shape index (κ3) is 8.32. The molecule has 4 rings (SSSR count). The van der Waals surface area contributed by atoms with Crippen molar-refractivity contribution in [3.63, 3.8) is 0 Å². The van der Waals surface area contributed by atoms with Crippen molar-refractivity contribution < 1.29 is 23.9 Å². The van der Waals surface area contributed by atoms with E-state index in [1.165, 1.54) is 5.56 Å². The fourth-order valence-corrected chi connectivity index (χ4v) is 3.94. The van der Waals surface area contributed by atoms with E-state index < -0.39 is 12.2 Å². The maximum Gasteiger partial charge on any atom is 0.404 e. The highest BCUT2D eigenvalue weighted by atomic mass is 16.6. The summed E-state index contributed by atoms with van der Waals surface area (Å²) < 4.78 is 11.4. The maximum atomic E-state index is 12.3. The minimum atomic E-state index is -0.870. The van der Waals surface area contributed by atoms with Crippen LogP contribution < -0.4 is 11.5 Å². The molecule has 0 bridgehead atoms. The standard InChI is InChI=1S/C19H21N3O.C11H14N2O4/c1-13-5-8-15(9-6-13)19-16(11-18(23)21(3)4)22-12-14(2)7-10-17(22)20-19;12-10(14)16-6-9(7-17-11(13)15)8-4-2-1-3-5-8/h5-10,12H,11H2,1-4H3;1-5,9H,6-7H2,(H2,12,14)(H2,13,15). The first-order chi connectivity index (χ1) is 19.0. The van der Waals surface area contributed by atoms with E-state index in [0.29, 0.717) is 6.42 Å². The highest BCUT2D eigenvalue weighted by molar-refractivity contribution is 5.81. The van der Waals surface area contributed by atoms with Crippen LogP contribution in [0.25, 0.3) is 16.9 Å². The molecule has 0 saturated carbocycles. The molecule has 0 fully saturated rings. The average Bonchev–Trinajstić information content (AvgIpc) is 3.27. The quantitative estimate of drug-likeness (QED) is 0.340. The molecule has 40 heavy (non-hydrogen) atoms. The van der Waals surface area contributed by atoms with E-state index in [2.05, 4.69) is 31.2 Å². The fraction of sp³-hybridized carbons (Fsp3) is 0.267. The summed E-state index contributed by atoms with van der Waals surface area (Å²) in [5.41, 5.74) is 16.7. The first-order valence-corrected chi connectivity index (χ1v) is 12.7. The number of carbonyl (C=O) groups is 3.